The predicted octanol–water partition coefficient (Wildman–Crippen LogP) is 2.18. The maximum absolute atomic E-state index is 12.4. The topological polar surface area (TPSA) is 102 Å². The van der Waals surface area contributed by atoms with Gasteiger partial charge in [0.25, 0.3) is 5.91 Å². The summed E-state index contributed by atoms with van der Waals surface area (Å²) in [7, 11) is 0. The van der Waals surface area contributed by atoms with E-state index in [9.17, 15) is 9.59 Å². The molecular weight excluding hydrogens is 332 g/mol. The van der Waals surface area contributed by atoms with Gasteiger partial charge in [0.1, 0.15) is 12.9 Å². The third kappa shape index (κ3) is 4.29. The van der Waals surface area contributed by atoms with E-state index in [2.05, 4.69) is 26.2 Å². The molecule has 0 atom stereocenters. The predicted molar refractivity (Wildman–Crippen MR) is 96.8 cm³/mol. The van der Waals surface area contributed by atoms with Crippen LogP contribution in [0.3, 0.4) is 0 Å². The van der Waals surface area contributed by atoms with E-state index >= 15 is 0 Å². The molecule has 1 heterocycles. The van der Waals surface area contributed by atoms with Crippen molar-refractivity contribution < 1.29 is 9.59 Å². The Morgan fingerprint density at radius 1 is 1.04 bits per heavy atom. The molecule has 26 heavy (non-hydrogen) atoms. The van der Waals surface area contributed by atoms with Crippen molar-refractivity contribution >= 4 is 23.2 Å². The van der Waals surface area contributed by atoms with Crippen molar-refractivity contribution in [3.05, 3.63) is 65.5 Å². The molecule has 0 bridgehead atoms. The molecule has 2 N–H and O–H groups in total. The molecule has 132 valence electrons. The highest BCUT2D eigenvalue weighted by Crippen LogP contribution is 2.21. The molecule has 1 aromatic heterocycles. The second kappa shape index (κ2) is 7.56. The summed E-state index contributed by atoms with van der Waals surface area (Å²) in [6.07, 6.45) is 1.36. The highest BCUT2D eigenvalue weighted by molar-refractivity contribution is 6.05. The maximum atomic E-state index is 12.4. The first-order valence-corrected chi connectivity index (χ1v) is 8.00. The van der Waals surface area contributed by atoms with Crippen molar-refractivity contribution in [2.45, 2.75) is 20.4 Å². The van der Waals surface area contributed by atoms with Gasteiger partial charge in [0.15, 0.2) is 0 Å². The first-order chi connectivity index (χ1) is 12.5. The van der Waals surface area contributed by atoms with Crippen LogP contribution in [0.15, 0.2) is 48.8 Å². The standard InChI is InChI=1S/C18H18N6O2/c1-12-3-6-14(7-4-12)18(26)21-16-9-15(8-5-13(16)2)20-17(25)10-24-11-19-22-23-24/h3-9,11H,10H2,1-2H3,(H,20,25)(H,21,26). The minimum absolute atomic E-state index is 0.00589. The summed E-state index contributed by atoms with van der Waals surface area (Å²) in [5, 5.41) is 16.2. The fourth-order valence-electron chi connectivity index (χ4n) is 2.33. The van der Waals surface area contributed by atoms with Crippen LogP contribution in [-0.2, 0) is 11.3 Å². The van der Waals surface area contributed by atoms with Gasteiger partial charge in [0, 0.05) is 16.9 Å². The average molecular weight is 350 g/mol. The normalized spacial score (nSPS) is 10.4. The number of nitrogens with zero attached hydrogens (tertiary/aromatic N) is 4. The summed E-state index contributed by atoms with van der Waals surface area (Å²) in [5.41, 5.74) is 3.76. The van der Waals surface area contributed by atoms with Gasteiger partial charge in [-0.05, 0) is 54.1 Å². The summed E-state index contributed by atoms with van der Waals surface area (Å²) in [6.45, 7) is 3.86. The molecular formula is C18H18N6O2. The van der Waals surface area contributed by atoms with Crippen LogP contribution in [0.5, 0.6) is 0 Å². The van der Waals surface area contributed by atoms with Crippen LogP contribution in [0.4, 0.5) is 11.4 Å². The van der Waals surface area contributed by atoms with Gasteiger partial charge in [0.2, 0.25) is 5.91 Å². The Bertz CT molecular complexity index is 919. The van der Waals surface area contributed by atoms with E-state index in [0.29, 0.717) is 16.9 Å². The van der Waals surface area contributed by atoms with E-state index in [1.807, 2.05) is 32.0 Å². The van der Waals surface area contributed by atoms with Gasteiger partial charge in [0.05, 0.1) is 0 Å². The first-order valence-electron chi connectivity index (χ1n) is 8.00. The fraction of sp³-hybridized carbons (Fsp3) is 0.167. The number of carbonyl (C=O) groups excluding carboxylic acids is 2. The number of carbonyl (C=O) groups is 2. The first kappa shape index (κ1) is 17.3. The SMILES string of the molecule is Cc1ccc(C(=O)Nc2cc(NC(=O)Cn3cnnn3)ccc2C)cc1. The molecule has 0 spiro atoms. The lowest BCUT2D eigenvalue weighted by atomic mass is 10.1. The van der Waals surface area contributed by atoms with Gasteiger partial charge in [-0.25, -0.2) is 4.68 Å². The highest BCUT2D eigenvalue weighted by atomic mass is 16.2. The zero-order chi connectivity index (χ0) is 18.5. The number of rotatable bonds is 5. The summed E-state index contributed by atoms with van der Waals surface area (Å²) in [5.74, 6) is -0.470. The summed E-state index contributed by atoms with van der Waals surface area (Å²) < 4.78 is 1.32. The number of benzene rings is 2. The van der Waals surface area contributed by atoms with Crippen molar-refractivity contribution in [2.75, 3.05) is 10.6 Å². The van der Waals surface area contributed by atoms with Gasteiger partial charge in [-0.1, -0.05) is 23.8 Å². The Hall–Kier alpha value is -3.55. The smallest absolute Gasteiger partial charge is 0.255 e. The van der Waals surface area contributed by atoms with Gasteiger partial charge in [-0.2, -0.15) is 0 Å². The van der Waals surface area contributed by atoms with Crippen molar-refractivity contribution in [1.29, 1.82) is 0 Å². The second-order valence-corrected chi connectivity index (χ2v) is 5.91. The quantitative estimate of drug-likeness (QED) is 0.734. The summed E-state index contributed by atoms with van der Waals surface area (Å²) in [4.78, 5) is 24.4. The molecule has 8 heteroatoms. The largest absolute Gasteiger partial charge is 0.324 e. The molecule has 0 radical (unpaired) electrons. The van der Waals surface area contributed by atoms with E-state index < -0.39 is 0 Å². The summed E-state index contributed by atoms with van der Waals surface area (Å²) >= 11 is 0. The van der Waals surface area contributed by atoms with E-state index in [1.54, 1.807) is 24.3 Å². The van der Waals surface area contributed by atoms with Gasteiger partial charge in [-0.3, -0.25) is 9.59 Å². The van der Waals surface area contributed by atoms with Crippen molar-refractivity contribution in [3.8, 4) is 0 Å². The Morgan fingerprint density at radius 3 is 2.50 bits per heavy atom. The van der Waals surface area contributed by atoms with Crippen molar-refractivity contribution in [3.63, 3.8) is 0 Å². The number of anilines is 2. The van der Waals surface area contributed by atoms with Gasteiger partial charge >= 0.3 is 0 Å². The lowest BCUT2D eigenvalue weighted by Gasteiger charge is -2.12. The van der Waals surface area contributed by atoms with E-state index in [-0.39, 0.29) is 18.4 Å². The second-order valence-electron chi connectivity index (χ2n) is 5.91. The van der Waals surface area contributed by atoms with Crippen LogP contribution in [0.1, 0.15) is 21.5 Å². The Balaban J connectivity index is 1.69. The molecule has 2 amide bonds. The molecule has 3 rings (SSSR count). The van der Waals surface area contributed by atoms with Gasteiger partial charge in [-0.15, -0.1) is 5.10 Å². The number of hydrogen-bond acceptors (Lipinski definition) is 5. The summed E-state index contributed by atoms with van der Waals surface area (Å²) in [6, 6.07) is 12.6. The molecule has 0 aliphatic rings. The Kier molecular flexibility index (Phi) is 5.02. The lowest BCUT2D eigenvalue weighted by molar-refractivity contribution is -0.116. The van der Waals surface area contributed by atoms with Crippen LogP contribution in [0.2, 0.25) is 0 Å². The van der Waals surface area contributed by atoms with Crippen molar-refractivity contribution in [1.82, 2.24) is 20.2 Å². The number of nitrogens with one attached hydrogen (secondary N) is 2. The fourth-order valence-corrected chi connectivity index (χ4v) is 2.33. The van der Waals surface area contributed by atoms with Crippen LogP contribution >= 0.6 is 0 Å². The average Bonchev–Trinajstić information content (AvgIpc) is 3.11. The zero-order valence-electron chi connectivity index (χ0n) is 14.4. The third-order valence-corrected chi connectivity index (χ3v) is 3.78. The third-order valence-electron chi connectivity index (χ3n) is 3.78. The number of hydrogen-bond donors (Lipinski definition) is 2. The zero-order valence-corrected chi connectivity index (χ0v) is 14.4. The van der Waals surface area contributed by atoms with Gasteiger partial charge < -0.3 is 10.6 Å². The molecule has 0 saturated heterocycles. The molecule has 0 fully saturated rings. The molecule has 3 aromatic rings. The number of tetrazole rings is 1. The molecule has 0 saturated carbocycles. The van der Waals surface area contributed by atoms with E-state index in [4.69, 9.17) is 0 Å². The van der Waals surface area contributed by atoms with Crippen molar-refractivity contribution in [2.24, 2.45) is 0 Å². The number of amides is 2. The lowest BCUT2D eigenvalue weighted by Crippen LogP contribution is -2.19. The molecule has 2 aromatic carbocycles. The molecule has 0 unspecified atom stereocenters. The highest BCUT2D eigenvalue weighted by Gasteiger charge is 2.10. The molecule has 8 nitrogen and oxygen atoms in total. The molecule has 0 aliphatic heterocycles. The maximum Gasteiger partial charge on any atom is 0.255 e. The minimum Gasteiger partial charge on any atom is -0.324 e. The van der Waals surface area contributed by atoms with Crippen LogP contribution < -0.4 is 10.6 Å². The van der Waals surface area contributed by atoms with E-state index in [1.165, 1.54) is 11.0 Å². The Morgan fingerprint density at radius 2 is 1.81 bits per heavy atom. The monoisotopic (exact) mass is 350 g/mol. The number of aryl methyl sites for hydroxylation is 2. The van der Waals surface area contributed by atoms with E-state index in [0.717, 1.165) is 11.1 Å². The molecule has 0 aliphatic carbocycles. The van der Waals surface area contributed by atoms with Crippen LogP contribution in [-0.4, -0.2) is 32.0 Å². The number of aromatic nitrogens is 4. The minimum atomic E-state index is -0.267. The van der Waals surface area contributed by atoms with Crippen LogP contribution in [0, 0.1) is 13.8 Å². The Labute approximate surface area is 150 Å². The van der Waals surface area contributed by atoms with Crippen LogP contribution in [0.25, 0.3) is 0 Å².